The van der Waals surface area contributed by atoms with E-state index in [-0.39, 0.29) is 35.5 Å². The van der Waals surface area contributed by atoms with Crippen molar-refractivity contribution in [3.8, 4) is 0 Å². The predicted molar refractivity (Wildman–Crippen MR) is 88.4 cm³/mol. The van der Waals surface area contributed by atoms with Gasteiger partial charge in [0.15, 0.2) is 0 Å². The second-order valence-corrected chi connectivity index (χ2v) is 6.99. The van der Waals surface area contributed by atoms with Crippen LogP contribution in [0.15, 0.2) is 12.2 Å². The molecule has 3 unspecified atom stereocenters. The Kier molecular flexibility index (Phi) is 5.97. The zero-order chi connectivity index (χ0) is 17.0. The Morgan fingerprint density at radius 3 is 2.26 bits per heavy atom. The van der Waals surface area contributed by atoms with Crippen LogP contribution in [-0.2, 0) is 14.4 Å². The van der Waals surface area contributed by atoms with Gasteiger partial charge in [-0.25, -0.2) is 0 Å². The van der Waals surface area contributed by atoms with Crippen LogP contribution in [0.4, 0.5) is 0 Å². The summed E-state index contributed by atoms with van der Waals surface area (Å²) in [5, 5.41) is 2.89. The molecule has 0 aromatic rings. The van der Waals surface area contributed by atoms with Gasteiger partial charge in [0.05, 0.1) is 11.8 Å². The van der Waals surface area contributed by atoms with Crippen molar-refractivity contribution in [2.45, 2.75) is 58.9 Å². The number of fused-ring (bicyclic) bond motifs is 1. The van der Waals surface area contributed by atoms with Crippen molar-refractivity contribution in [3.63, 3.8) is 0 Å². The first-order valence-electron chi connectivity index (χ1n) is 8.77. The summed E-state index contributed by atoms with van der Waals surface area (Å²) in [5.74, 6) is -0.837. The highest BCUT2D eigenvalue weighted by atomic mass is 16.2. The fourth-order valence-corrected chi connectivity index (χ4v) is 3.42. The van der Waals surface area contributed by atoms with Crippen molar-refractivity contribution in [2.24, 2.45) is 17.8 Å². The summed E-state index contributed by atoms with van der Waals surface area (Å²) in [6.07, 6.45) is 7.56. The van der Waals surface area contributed by atoms with Crippen molar-refractivity contribution in [3.05, 3.63) is 12.2 Å². The van der Waals surface area contributed by atoms with Crippen molar-refractivity contribution >= 4 is 17.7 Å². The SMILES string of the molecule is CCCCNC(=O)C(CC(C)C)N1C(=O)C2CC=CCC2C1=O. The number of carbonyl (C=O) groups excluding carboxylic acids is 3. The second-order valence-electron chi connectivity index (χ2n) is 6.99. The van der Waals surface area contributed by atoms with Gasteiger partial charge in [-0.3, -0.25) is 19.3 Å². The molecule has 1 N–H and O–H groups in total. The van der Waals surface area contributed by atoms with E-state index in [1.54, 1.807) is 0 Å². The zero-order valence-electron chi connectivity index (χ0n) is 14.4. The van der Waals surface area contributed by atoms with Crippen LogP contribution in [0.1, 0.15) is 52.9 Å². The Bertz CT molecular complexity index is 472. The van der Waals surface area contributed by atoms with Crippen LogP contribution >= 0.6 is 0 Å². The summed E-state index contributed by atoms with van der Waals surface area (Å²) in [7, 11) is 0. The quantitative estimate of drug-likeness (QED) is 0.444. The molecule has 0 spiro atoms. The van der Waals surface area contributed by atoms with Gasteiger partial charge in [-0.1, -0.05) is 39.3 Å². The maximum atomic E-state index is 12.7. The van der Waals surface area contributed by atoms with Gasteiger partial charge >= 0.3 is 0 Å². The molecule has 0 radical (unpaired) electrons. The smallest absolute Gasteiger partial charge is 0.243 e. The summed E-state index contributed by atoms with van der Waals surface area (Å²) in [5.41, 5.74) is 0. The second kappa shape index (κ2) is 7.75. The number of nitrogens with one attached hydrogen (secondary N) is 1. The number of hydrogen-bond donors (Lipinski definition) is 1. The molecule has 2 aliphatic rings. The Balaban J connectivity index is 2.16. The lowest BCUT2D eigenvalue weighted by Crippen LogP contribution is -2.50. The molecule has 5 heteroatoms. The van der Waals surface area contributed by atoms with Gasteiger partial charge in [0.1, 0.15) is 6.04 Å². The minimum Gasteiger partial charge on any atom is -0.354 e. The number of rotatable bonds is 7. The van der Waals surface area contributed by atoms with Crippen LogP contribution in [-0.4, -0.2) is 35.2 Å². The van der Waals surface area contributed by atoms with Crippen LogP contribution in [0, 0.1) is 17.8 Å². The molecule has 1 fully saturated rings. The molecule has 1 heterocycles. The van der Waals surface area contributed by atoms with Gasteiger partial charge in [0, 0.05) is 6.54 Å². The molecule has 0 saturated carbocycles. The molecule has 1 aliphatic heterocycles. The topological polar surface area (TPSA) is 66.5 Å². The normalized spacial score (nSPS) is 25.0. The highest BCUT2D eigenvalue weighted by Crippen LogP contribution is 2.37. The predicted octanol–water partition coefficient (Wildman–Crippen LogP) is 2.27. The maximum absolute atomic E-state index is 12.7. The van der Waals surface area contributed by atoms with Gasteiger partial charge in [0.25, 0.3) is 0 Å². The zero-order valence-corrected chi connectivity index (χ0v) is 14.4. The fourth-order valence-electron chi connectivity index (χ4n) is 3.42. The summed E-state index contributed by atoms with van der Waals surface area (Å²) >= 11 is 0. The minimum absolute atomic E-state index is 0.166. The highest BCUT2D eigenvalue weighted by molar-refractivity contribution is 6.08. The van der Waals surface area contributed by atoms with Crippen LogP contribution in [0.3, 0.4) is 0 Å². The molecule has 128 valence electrons. The molecule has 0 bridgehead atoms. The van der Waals surface area contributed by atoms with E-state index < -0.39 is 6.04 Å². The van der Waals surface area contributed by atoms with Crippen molar-refractivity contribution < 1.29 is 14.4 Å². The van der Waals surface area contributed by atoms with Gasteiger partial charge in [0.2, 0.25) is 17.7 Å². The fraction of sp³-hybridized carbons (Fsp3) is 0.722. The summed E-state index contributed by atoms with van der Waals surface area (Å²) in [6.45, 7) is 6.66. The lowest BCUT2D eigenvalue weighted by atomic mass is 9.85. The molecular weight excluding hydrogens is 292 g/mol. The Labute approximate surface area is 138 Å². The number of imide groups is 1. The van der Waals surface area contributed by atoms with Gasteiger partial charge in [-0.15, -0.1) is 0 Å². The third-order valence-electron chi connectivity index (χ3n) is 4.68. The van der Waals surface area contributed by atoms with E-state index in [1.165, 1.54) is 4.90 Å². The molecule has 0 aromatic heterocycles. The highest BCUT2D eigenvalue weighted by Gasteiger charge is 2.51. The first-order valence-corrected chi connectivity index (χ1v) is 8.77. The number of allylic oxidation sites excluding steroid dienone is 2. The number of hydrogen-bond acceptors (Lipinski definition) is 3. The average molecular weight is 320 g/mol. The third kappa shape index (κ3) is 3.82. The first kappa shape index (κ1) is 17.7. The van der Waals surface area contributed by atoms with E-state index in [2.05, 4.69) is 12.2 Å². The molecule has 1 saturated heterocycles. The average Bonchev–Trinajstić information content (AvgIpc) is 2.77. The first-order chi connectivity index (χ1) is 11.0. The number of likely N-dealkylation sites (tertiary alicyclic amines) is 1. The molecule has 5 nitrogen and oxygen atoms in total. The molecule has 3 amide bonds. The molecular formula is C18H28N2O3. The third-order valence-corrected chi connectivity index (χ3v) is 4.68. The molecule has 23 heavy (non-hydrogen) atoms. The van der Waals surface area contributed by atoms with Gasteiger partial charge in [-0.2, -0.15) is 0 Å². The Morgan fingerprint density at radius 2 is 1.78 bits per heavy atom. The van der Waals surface area contributed by atoms with E-state index >= 15 is 0 Å². The van der Waals surface area contributed by atoms with Crippen molar-refractivity contribution in [1.82, 2.24) is 10.2 Å². The standard InChI is InChI=1S/C18H28N2O3/c1-4-5-10-19-16(21)15(11-12(2)3)20-17(22)13-8-6-7-9-14(13)18(20)23/h6-7,12-15H,4-5,8-11H2,1-3H3,(H,19,21). The number of carbonyl (C=O) groups is 3. The lowest BCUT2D eigenvalue weighted by Gasteiger charge is -2.27. The summed E-state index contributed by atoms with van der Waals surface area (Å²) < 4.78 is 0. The van der Waals surface area contributed by atoms with Crippen molar-refractivity contribution in [1.29, 1.82) is 0 Å². The monoisotopic (exact) mass is 320 g/mol. The molecule has 1 aliphatic carbocycles. The van der Waals surface area contributed by atoms with E-state index in [4.69, 9.17) is 0 Å². The van der Waals surface area contributed by atoms with E-state index in [0.29, 0.717) is 25.8 Å². The molecule has 3 atom stereocenters. The van der Waals surface area contributed by atoms with E-state index in [0.717, 1.165) is 12.8 Å². The summed E-state index contributed by atoms with van der Waals surface area (Å²) in [4.78, 5) is 39.2. The number of unbranched alkanes of at least 4 members (excludes halogenated alkanes) is 1. The minimum atomic E-state index is -0.669. The van der Waals surface area contributed by atoms with E-state index in [9.17, 15) is 14.4 Å². The Hall–Kier alpha value is -1.65. The van der Waals surface area contributed by atoms with Crippen LogP contribution in [0.25, 0.3) is 0 Å². The largest absolute Gasteiger partial charge is 0.354 e. The van der Waals surface area contributed by atoms with Crippen LogP contribution in [0.5, 0.6) is 0 Å². The Morgan fingerprint density at radius 1 is 1.22 bits per heavy atom. The number of amides is 3. The van der Waals surface area contributed by atoms with E-state index in [1.807, 2.05) is 26.0 Å². The van der Waals surface area contributed by atoms with Gasteiger partial charge in [-0.05, 0) is 31.6 Å². The van der Waals surface area contributed by atoms with Crippen LogP contribution in [0.2, 0.25) is 0 Å². The molecule has 2 rings (SSSR count). The molecule has 0 aromatic carbocycles. The van der Waals surface area contributed by atoms with Crippen molar-refractivity contribution in [2.75, 3.05) is 6.54 Å². The van der Waals surface area contributed by atoms with Crippen LogP contribution < -0.4 is 5.32 Å². The number of nitrogens with zero attached hydrogens (tertiary/aromatic N) is 1. The van der Waals surface area contributed by atoms with Gasteiger partial charge < -0.3 is 5.32 Å². The maximum Gasteiger partial charge on any atom is 0.243 e. The lowest BCUT2D eigenvalue weighted by molar-refractivity contribution is -0.148. The summed E-state index contributed by atoms with van der Waals surface area (Å²) in [6, 6.07) is -0.669.